The van der Waals surface area contributed by atoms with E-state index in [2.05, 4.69) is 88.7 Å². The summed E-state index contributed by atoms with van der Waals surface area (Å²) < 4.78 is 2.49. The number of thiazole rings is 1. The van der Waals surface area contributed by atoms with Gasteiger partial charge in [0.25, 0.3) is 5.01 Å². The van der Waals surface area contributed by atoms with Gasteiger partial charge in [-0.1, -0.05) is 53.8 Å². The number of aryl methyl sites for hydroxylation is 3. The maximum atomic E-state index is 2.64. The van der Waals surface area contributed by atoms with E-state index in [4.69, 9.17) is 0 Å². The summed E-state index contributed by atoms with van der Waals surface area (Å²) in [5.41, 5.74) is 9.95. The number of aromatic nitrogens is 1. The molecule has 6 rings (SSSR count). The summed E-state index contributed by atoms with van der Waals surface area (Å²) in [6, 6.07) is 17.9. The minimum absolute atomic E-state index is 0.455. The van der Waals surface area contributed by atoms with E-state index in [1.54, 1.807) is 0 Å². The Bertz CT molecular complexity index is 1220. The molecule has 0 amide bonds. The first-order chi connectivity index (χ1) is 15.2. The van der Waals surface area contributed by atoms with Crippen LogP contribution in [0.15, 0.2) is 71.1 Å². The molecule has 2 atom stereocenters. The number of hydrogen-bond acceptors (Lipinski definition) is 3. The molecule has 3 aliphatic heterocycles. The Hall–Kier alpha value is -2.30. The zero-order chi connectivity index (χ0) is 20.9. The van der Waals surface area contributed by atoms with Crippen molar-refractivity contribution >= 4 is 34.4 Å². The highest BCUT2D eigenvalue weighted by atomic mass is 32.2. The number of thioether (sulfide) groups is 1. The SMILES string of the molecule is CC1=CSC2C(C=C3CCc4ccccc4-[n+]4c(C)csc43)CCc3ccccc3N12. The predicted molar refractivity (Wildman–Crippen MR) is 133 cm³/mol. The van der Waals surface area contributed by atoms with Crippen molar-refractivity contribution in [2.75, 3.05) is 4.90 Å². The molecule has 0 radical (unpaired) electrons. The molecule has 0 bridgehead atoms. The molecule has 4 heterocycles. The van der Waals surface area contributed by atoms with Crippen LogP contribution >= 0.6 is 23.1 Å². The zero-order valence-electron chi connectivity index (χ0n) is 18.0. The fourth-order valence-electron chi connectivity index (χ4n) is 5.35. The summed E-state index contributed by atoms with van der Waals surface area (Å²) in [5, 5.41) is 6.55. The first-order valence-corrected chi connectivity index (χ1v) is 13.0. The average Bonchev–Trinajstić information content (AvgIpc) is 3.26. The fraction of sp³-hybridized carbons (Fsp3) is 0.296. The van der Waals surface area contributed by atoms with Gasteiger partial charge in [0.2, 0.25) is 5.69 Å². The molecule has 0 spiro atoms. The van der Waals surface area contributed by atoms with Gasteiger partial charge in [0.15, 0.2) is 5.69 Å². The van der Waals surface area contributed by atoms with Gasteiger partial charge >= 0.3 is 0 Å². The normalized spacial score (nSPS) is 23.4. The molecule has 0 saturated carbocycles. The summed E-state index contributed by atoms with van der Waals surface area (Å²) in [6.45, 7) is 4.50. The van der Waals surface area contributed by atoms with Crippen LogP contribution in [0.2, 0.25) is 0 Å². The molecule has 0 N–H and O–H groups in total. The van der Waals surface area contributed by atoms with Crippen molar-refractivity contribution < 1.29 is 4.57 Å². The number of allylic oxidation sites excluding steroid dienone is 2. The van der Waals surface area contributed by atoms with E-state index in [9.17, 15) is 0 Å². The van der Waals surface area contributed by atoms with Crippen LogP contribution in [0.1, 0.15) is 41.6 Å². The number of hydrogen-bond donors (Lipinski definition) is 0. The predicted octanol–water partition coefficient (Wildman–Crippen LogP) is 6.67. The number of rotatable bonds is 1. The van der Waals surface area contributed by atoms with E-state index < -0.39 is 0 Å². The second kappa shape index (κ2) is 7.68. The number of fused-ring (bicyclic) bond motifs is 6. The lowest BCUT2D eigenvalue weighted by Crippen LogP contribution is -2.36. The third-order valence-electron chi connectivity index (χ3n) is 6.86. The standard InChI is InChI=1S/C27H27N2S2/c1-18-16-30-26-22(13-11-20-7-3-5-9-24(20)28(18)26)15-23-14-12-21-8-4-6-10-25(21)29-19(2)17-31-27(23)29/h3-10,15-17,22,26H,11-14H2,1-2H3/q+1. The van der Waals surface area contributed by atoms with Gasteiger partial charge in [0.1, 0.15) is 0 Å². The zero-order valence-corrected chi connectivity index (χ0v) is 19.7. The molecule has 4 heteroatoms. The number of benzene rings is 2. The maximum Gasteiger partial charge on any atom is 0.270 e. The Labute approximate surface area is 192 Å². The molecule has 0 saturated heterocycles. The molecule has 3 aromatic rings. The fourth-order valence-corrected chi connectivity index (χ4v) is 7.67. The van der Waals surface area contributed by atoms with Crippen molar-refractivity contribution in [2.24, 2.45) is 5.92 Å². The molecule has 0 aliphatic carbocycles. The van der Waals surface area contributed by atoms with Crippen molar-refractivity contribution in [3.63, 3.8) is 0 Å². The summed E-state index contributed by atoms with van der Waals surface area (Å²) in [7, 11) is 0. The summed E-state index contributed by atoms with van der Waals surface area (Å²) >= 11 is 3.91. The molecule has 156 valence electrons. The number of nitrogens with zero attached hydrogens (tertiary/aromatic N) is 2. The molecular weight excluding hydrogens is 416 g/mol. The van der Waals surface area contributed by atoms with Crippen LogP contribution in [-0.4, -0.2) is 5.37 Å². The Morgan fingerprint density at radius 3 is 2.68 bits per heavy atom. The van der Waals surface area contributed by atoms with Crippen LogP contribution in [0.25, 0.3) is 11.3 Å². The quantitative estimate of drug-likeness (QED) is 0.388. The lowest BCUT2D eigenvalue weighted by Gasteiger charge is -2.31. The largest absolute Gasteiger partial charge is 0.331 e. The Kier molecular flexibility index (Phi) is 4.81. The first-order valence-electron chi connectivity index (χ1n) is 11.2. The minimum Gasteiger partial charge on any atom is -0.331 e. The van der Waals surface area contributed by atoms with Gasteiger partial charge in [-0.15, -0.1) is 16.3 Å². The van der Waals surface area contributed by atoms with E-state index in [0.29, 0.717) is 11.3 Å². The van der Waals surface area contributed by atoms with Gasteiger partial charge in [-0.3, -0.25) is 0 Å². The molecule has 1 aromatic heterocycles. The molecular formula is C27H27N2S2+. The highest BCUT2D eigenvalue weighted by Gasteiger charge is 2.37. The monoisotopic (exact) mass is 443 g/mol. The molecule has 0 fully saturated rings. The van der Waals surface area contributed by atoms with E-state index >= 15 is 0 Å². The van der Waals surface area contributed by atoms with Crippen molar-refractivity contribution in [1.29, 1.82) is 0 Å². The Balaban J connectivity index is 1.43. The highest BCUT2D eigenvalue weighted by molar-refractivity contribution is 8.03. The third-order valence-corrected chi connectivity index (χ3v) is 9.30. The van der Waals surface area contributed by atoms with Crippen LogP contribution in [0, 0.1) is 12.8 Å². The van der Waals surface area contributed by atoms with Crippen LogP contribution in [0.4, 0.5) is 5.69 Å². The summed E-state index contributed by atoms with van der Waals surface area (Å²) in [4.78, 5) is 2.59. The molecule has 31 heavy (non-hydrogen) atoms. The van der Waals surface area contributed by atoms with Gasteiger partial charge in [-0.2, -0.15) is 0 Å². The molecule has 2 unspecified atom stereocenters. The van der Waals surface area contributed by atoms with Crippen LogP contribution in [0.3, 0.4) is 0 Å². The second-order valence-corrected chi connectivity index (χ2v) is 10.7. The van der Waals surface area contributed by atoms with Crippen molar-refractivity contribution in [1.82, 2.24) is 0 Å². The third kappa shape index (κ3) is 3.19. The second-order valence-electron chi connectivity index (χ2n) is 8.83. The Morgan fingerprint density at radius 1 is 0.968 bits per heavy atom. The minimum atomic E-state index is 0.455. The number of anilines is 1. The van der Waals surface area contributed by atoms with E-state index in [1.165, 1.54) is 50.9 Å². The molecule has 3 aliphatic rings. The van der Waals surface area contributed by atoms with Crippen LogP contribution < -0.4 is 9.47 Å². The number of para-hydroxylation sites is 2. The topological polar surface area (TPSA) is 7.12 Å². The summed E-state index contributed by atoms with van der Waals surface area (Å²) in [6.07, 6.45) is 7.21. The lowest BCUT2D eigenvalue weighted by atomic mass is 9.96. The van der Waals surface area contributed by atoms with Gasteiger partial charge in [0, 0.05) is 41.4 Å². The molecule has 2 aromatic carbocycles. The van der Waals surface area contributed by atoms with Crippen molar-refractivity contribution in [3.05, 3.63) is 92.9 Å². The highest BCUT2D eigenvalue weighted by Crippen LogP contribution is 2.46. The van der Waals surface area contributed by atoms with Gasteiger partial charge < -0.3 is 4.90 Å². The summed E-state index contributed by atoms with van der Waals surface area (Å²) in [5.74, 6) is 0.526. The van der Waals surface area contributed by atoms with E-state index in [0.717, 1.165) is 19.3 Å². The Morgan fingerprint density at radius 2 is 1.77 bits per heavy atom. The lowest BCUT2D eigenvalue weighted by molar-refractivity contribution is -0.599. The average molecular weight is 444 g/mol. The van der Waals surface area contributed by atoms with Crippen LogP contribution in [0.5, 0.6) is 0 Å². The van der Waals surface area contributed by atoms with Crippen molar-refractivity contribution in [3.8, 4) is 5.69 Å². The van der Waals surface area contributed by atoms with Crippen LogP contribution in [-0.2, 0) is 12.8 Å². The van der Waals surface area contributed by atoms with Gasteiger partial charge in [-0.25, -0.2) is 0 Å². The first kappa shape index (κ1) is 19.4. The van der Waals surface area contributed by atoms with E-state index in [1.807, 2.05) is 23.1 Å². The van der Waals surface area contributed by atoms with Gasteiger partial charge in [0.05, 0.1) is 10.8 Å². The molecule has 2 nitrogen and oxygen atoms in total. The van der Waals surface area contributed by atoms with E-state index in [-0.39, 0.29) is 0 Å². The maximum absolute atomic E-state index is 2.64. The van der Waals surface area contributed by atoms with Crippen molar-refractivity contribution in [2.45, 2.75) is 44.9 Å². The smallest absolute Gasteiger partial charge is 0.270 e. The van der Waals surface area contributed by atoms with Gasteiger partial charge in [-0.05, 0) is 49.6 Å².